The van der Waals surface area contributed by atoms with Gasteiger partial charge >= 0.3 is 0 Å². The predicted molar refractivity (Wildman–Crippen MR) is 73.1 cm³/mol. The molecule has 0 N–H and O–H groups in total. The third-order valence-corrected chi connectivity index (χ3v) is 2.16. The molecule has 0 unspecified atom stereocenters. The fourth-order valence-electron chi connectivity index (χ4n) is 1.43. The van der Waals surface area contributed by atoms with E-state index in [0.29, 0.717) is 0 Å². The number of rotatable bonds is 1. The Labute approximate surface area is 96.9 Å². The van der Waals surface area contributed by atoms with E-state index in [4.69, 9.17) is 0 Å². The van der Waals surface area contributed by atoms with Gasteiger partial charge in [-0.25, -0.2) is 0 Å². The molecule has 0 bridgehead atoms. The van der Waals surface area contributed by atoms with Gasteiger partial charge in [0.15, 0.2) is 0 Å². The van der Waals surface area contributed by atoms with Gasteiger partial charge in [0, 0.05) is 0 Å². The summed E-state index contributed by atoms with van der Waals surface area (Å²) in [4.78, 5) is 0. The molecule has 0 saturated carbocycles. The highest BCUT2D eigenvalue weighted by Gasteiger charge is 1.93. The Morgan fingerprint density at radius 1 is 1.00 bits per heavy atom. The van der Waals surface area contributed by atoms with Crippen LogP contribution in [0.3, 0.4) is 0 Å². The highest BCUT2D eigenvalue weighted by molar-refractivity contribution is 5.90. The van der Waals surface area contributed by atoms with Gasteiger partial charge < -0.3 is 0 Å². The lowest BCUT2D eigenvalue weighted by atomic mass is 10.1. The molecule has 0 radical (unpaired) electrons. The Bertz CT molecular complexity index is 522. The number of terminal acetylenes is 1. The predicted octanol–water partition coefficient (Wildman–Crippen LogP) is 4.29. The summed E-state index contributed by atoms with van der Waals surface area (Å²) in [6.07, 6.45) is 7.95. The zero-order chi connectivity index (χ0) is 11.8. The van der Waals surface area contributed by atoms with Crippen molar-refractivity contribution in [2.24, 2.45) is 0 Å². The van der Waals surface area contributed by atoms with E-state index in [2.05, 4.69) is 68.0 Å². The molecule has 0 aliphatic carbocycles. The van der Waals surface area contributed by atoms with Gasteiger partial charge in [-0.1, -0.05) is 67.6 Å². The van der Waals surface area contributed by atoms with E-state index in [-0.39, 0.29) is 0 Å². The SMILES string of the molecule is C#CC=C.C=Cc1cccc2ccccc12. The maximum Gasteiger partial charge on any atom is -0.0112 e. The smallest absolute Gasteiger partial charge is 0.0112 e. The van der Waals surface area contributed by atoms with Gasteiger partial charge in [-0.15, -0.1) is 6.42 Å². The lowest BCUT2D eigenvalue weighted by Crippen LogP contribution is -1.75. The number of hydrogen-bond acceptors (Lipinski definition) is 0. The molecule has 0 heteroatoms. The highest BCUT2D eigenvalue weighted by atomic mass is 14.0. The second-order valence-electron chi connectivity index (χ2n) is 3.14. The lowest BCUT2D eigenvalue weighted by molar-refractivity contribution is 1.72. The van der Waals surface area contributed by atoms with Crippen LogP contribution in [-0.2, 0) is 0 Å². The van der Waals surface area contributed by atoms with Gasteiger partial charge in [-0.2, -0.15) is 0 Å². The molecule has 16 heavy (non-hydrogen) atoms. The second kappa shape index (κ2) is 6.27. The summed E-state index contributed by atoms with van der Waals surface area (Å²) in [5, 5.41) is 2.55. The topological polar surface area (TPSA) is 0 Å². The molecule has 2 aromatic rings. The molecule has 2 aromatic carbocycles. The molecule has 0 saturated heterocycles. The highest BCUT2D eigenvalue weighted by Crippen LogP contribution is 2.18. The van der Waals surface area contributed by atoms with Crippen LogP contribution in [0.5, 0.6) is 0 Å². The Kier molecular flexibility index (Phi) is 4.63. The molecule has 0 fully saturated rings. The molecule has 0 aliphatic heterocycles. The van der Waals surface area contributed by atoms with E-state index >= 15 is 0 Å². The quantitative estimate of drug-likeness (QED) is 0.611. The summed E-state index contributed by atoms with van der Waals surface area (Å²) in [6, 6.07) is 14.6. The zero-order valence-electron chi connectivity index (χ0n) is 9.19. The monoisotopic (exact) mass is 206 g/mol. The molecule has 0 nitrogen and oxygen atoms in total. The Balaban J connectivity index is 0.000000280. The summed E-state index contributed by atoms with van der Waals surface area (Å²) in [6.45, 7) is 7.02. The maximum absolute atomic E-state index is 4.66. The van der Waals surface area contributed by atoms with Crippen LogP contribution in [0.4, 0.5) is 0 Å². The van der Waals surface area contributed by atoms with Crippen molar-refractivity contribution in [3.8, 4) is 12.3 Å². The maximum atomic E-state index is 4.66. The van der Waals surface area contributed by atoms with Crippen molar-refractivity contribution in [3.05, 3.63) is 67.3 Å². The van der Waals surface area contributed by atoms with Gasteiger partial charge in [-0.05, 0) is 22.4 Å². The third-order valence-electron chi connectivity index (χ3n) is 2.16. The van der Waals surface area contributed by atoms with E-state index in [1.54, 1.807) is 0 Å². The molecular formula is C16H14. The lowest BCUT2D eigenvalue weighted by Gasteiger charge is -1.99. The normalized spacial score (nSPS) is 8.44. The Morgan fingerprint density at radius 2 is 1.62 bits per heavy atom. The number of benzene rings is 2. The fourth-order valence-corrected chi connectivity index (χ4v) is 1.43. The van der Waals surface area contributed by atoms with Gasteiger partial charge in [0.1, 0.15) is 0 Å². The summed E-state index contributed by atoms with van der Waals surface area (Å²) < 4.78 is 0. The van der Waals surface area contributed by atoms with Gasteiger partial charge in [-0.3, -0.25) is 0 Å². The van der Waals surface area contributed by atoms with Crippen molar-refractivity contribution in [1.29, 1.82) is 0 Å². The minimum absolute atomic E-state index is 1.20. The first-order valence-corrected chi connectivity index (χ1v) is 5.00. The summed E-state index contributed by atoms with van der Waals surface area (Å²) in [5.41, 5.74) is 1.20. The average molecular weight is 206 g/mol. The fraction of sp³-hybridized carbons (Fsp3) is 0. The molecule has 0 heterocycles. The first-order chi connectivity index (χ1) is 7.83. The average Bonchev–Trinajstić information content (AvgIpc) is 2.38. The van der Waals surface area contributed by atoms with Gasteiger partial charge in [0.2, 0.25) is 0 Å². The summed E-state index contributed by atoms with van der Waals surface area (Å²) >= 11 is 0. The van der Waals surface area contributed by atoms with Crippen molar-refractivity contribution < 1.29 is 0 Å². The minimum atomic E-state index is 1.20. The first-order valence-electron chi connectivity index (χ1n) is 5.00. The van der Waals surface area contributed by atoms with Gasteiger partial charge in [0.05, 0.1) is 0 Å². The van der Waals surface area contributed by atoms with Crippen molar-refractivity contribution >= 4 is 16.8 Å². The molecular weight excluding hydrogens is 192 g/mol. The number of fused-ring (bicyclic) bond motifs is 1. The Hall–Kier alpha value is -2.26. The molecule has 0 aliphatic rings. The number of hydrogen-bond donors (Lipinski definition) is 0. The summed E-state index contributed by atoms with van der Waals surface area (Å²) in [5.74, 6) is 2.19. The molecule has 0 amide bonds. The van der Waals surface area contributed by atoms with Crippen molar-refractivity contribution in [2.75, 3.05) is 0 Å². The van der Waals surface area contributed by atoms with Crippen molar-refractivity contribution in [1.82, 2.24) is 0 Å². The van der Waals surface area contributed by atoms with Crippen LogP contribution in [0, 0.1) is 12.3 Å². The van der Waals surface area contributed by atoms with E-state index in [9.17, 15) is 0 Å². The third kappa shape index (κ3) is 2.87. The zero-order valence-corrected chi connectivity index (χ0v) is 9.19. The molecule has 2 rings (SSSR count). The van der Waals surface area contributed by atoms with Crippen LogP contribution in [0.15, 0.2) is 61.7 Å². The molecule has 0 atom stereocenters. The largest absolute Gasteiger partial charge is 0.115 e. The van der Waals surface area contributed by atoms with Crippen LogP contribution < -0.4 is 0 Å². The van der Waals surface area contributed by atoms with Crippen LogP contribution in [-0.4, -0.2) is 0 Å². The first kappa shape index (κ1) is 11.8. The number of allylic oxidation sites excluding steroid dienone is 1. The standard InChI is InChI=1S/C12H10.C4H4/c1-2-10-7-5-8-11-6-3-4-9-12(10)11;1-3-4-2/h2-9H,1H2;1,4H,2H2. The summed E-state index contributed by atoms with van der Waals surface area (Å²) in [7, 11) is 0. The van der Waals surface area contributed by atoms with Gasteiger partial charge in [0.25, 0.3) is 0 Å². The van der Waals surface area contributed by atoms with Crippen LogP contribution in [0.25, 0.3) is 16.8 Å². The van der Waals surface area contributed by atoms with E-state index in [0.717, 1.165) is 0 Å². The van der Waals surface area contributed by atoms with Crippen LogP contribution >= 0.6 is 0 Å². The molecule has 78 valence electrons. The Morgan fingerprint density at radius 3 is 2.25 bits per heavy atom. The van der Waals surface area contributed by atoms with E-state index in [1.165, 1.54) is 22.4 Å². The van der Waals surface area contributed by atoms with E-state index < -0.39 is 0 Å². The van der Waals surface area contributed by atoms with Crippen LogP contribution in [0.1, 0.15) is 5.56 Å². The van der Waals surface area contributed by atoms with Crippen molar-refractivity contribution in [3.63, 3.8) is 0 Å². The molecule has 0 spiro atoms. The van der Waals surface area contributed by atoms with Crippen molar-refractivity contribution in [2.45, 2.75) is 0 Å². The van der Waals surface area contributed by atoms with Crippen LogP contribution in [0.2, 0.25) is 0 Å². The molecule has 0 aromatic heterocycles. The van der Waals surface area contributed by atoms with E-state index in [1.807, 2.05) is 6.08 Å². The second-order valence-corrected chi connectivity index (χ2v) is 3.14. The minimum Gasteiger partial charge on any atom is -0.115 e.